The molecular weight excluding hydrogens is 1030 g/mol. The molecule has 5 fully saturated rings. The third-order valence-corrected chi connectivity index (χ3v) is 18.1. The first-order valence-electron chi connectivity index (χ1n) is 28.3. The van der Waals surface area contributed by atoms with Crippen molar-refractivity contribution in [3.05, 3.63) is 41.7 Å². The van der Waals surface area contributed by atoms with Gasteiger partial charge in [-0.3, -0.25) is 9.59 Å². The first-order chi connectivity index (χ1) is 37.4. The lowest BCUT2D eigenvalue weighted by atomic mass is 9.73. The summed E-state index contributed by atoms with van der Waals surface area (Å²) in [5, 5.41) is 32.4. The molecule has 0 saturated carbocycles. The summed E-state index contributed by atoms with van der Waals surface area (Å²) < 4.78 is 79.5. The Hall–Kier alpha value is -3.94. The number of anilines is 1. The lowest BCUT2D eigenvalue weighted by molar-refractivity contribution is -0.319. The number of rotatable bonds is 17. The highest BCUT2D eigenvalue weighted by atomic mass is 19.1. The number of methoxy groups -OCH3 is 3. The van der Waals surface area contributed by atoms with Gasteiger partial charge in [-0.05, 0) is 85.5 Å². The number of benzene rings is 1. The number of hydrogen-bond acceptors (Lipinski definition) is 19. The number of aromatic nitrogens is 3. The van der Waals surface area contributed by atoms with Gasteiger partial charge in [0.1, 0.15) is 42.9 Å². The van der Waals surface area contributed by atoms with Gasteiger partial charge in [0.05, 0.1) is 66.5 Å². The molecule has 1 aromatic carbocycles. The van der Waals surface area contributed by atoms with Crippen LogP contribution in [0.1, 0.15) is 118 Å². The Bertz CT molecular complexity index is 2330. The number of hydrogen-bond donors (Lipinski definition) is 2. The number of morpholine rings is 1. The molecule has 5 aliphatic rings. The molecule has 22 heteroatoms. The SMILES string of the molecule is CC[C@H]1OC(=O)[C@H](C)[C@@H](O[C@H]2C[C@@](C)(OC)[C@@H](O)[C@H](C)O2)[C@H](C)[C@@H](O[C@@H]2O[C@H](C)C[C@H](N(C)CCc3cn([C@H](CF)[C@H](OC)c4ccc(N5CCOCC5)cc4)nn3)[C@H]2O)[C@](C)(OC)C[C@@H](C)C(=O)[C@H](C)[C@H]2N(C)C(=O)O[C@]12C. The van der Waals surface area contributed by atoms with Gasteiger partial charge in [-0.25, -0.2) is 13.9 Å². The van der Waals surface area contributed by atoms with E-state index in [0.717, 1.165) is 24.3 Å². The van der Waals surface area contributed by atoms with Crippen LogP contribution in [0.5, 0.6) is 0 Å². The molecule has 0 spiro atoms. The largest absolute Gasteiger partial charge is 0.458 e. The minimum Gasteiger partial charge on any atom is -0.458 e. The summed E-state index contributed by atoms with van der Waals surface area (Å²) >= 11 is 0. The van der Waals surface area contributed by atoms with Gasteiger partial charge >= 0.3 is 12.1 Å². The number of carbonyl (C=O) groups excluding carboxylic acids is 3. The Morgan fingerprint density at radius 3 is 2.20 bits per heavy atom. The van der Waals surface area contributed by atoms with Crippen molar-refractivity contribution >= 4 is 23.5 Å². The fraction of sp³-hybridized carbons (Fsp3) is 0.807. The maximum absolute atomic E-state index is 15.0. The Kier molecular flexibility index (Phi) is 20.7. The van der Waals surface area contributed by atoms with Gasteiger partial charge in [0.2, 0.25) is 0 Å². The van der Waals surface area contributed by atoms with E-state index in [1.165, 1.54) is 23.8 Å². The Balaban J connectivity index is 1.15. The van der Waals surface area contributed by atoms with Gasteiger partial charge in [0.25, 0.3) is 0 Å². The standard InChI is InChI=1S/C57H91FN6O15/c1-16-43-57(10)49(62(12)54(69)79-57)34(4)45(65)32(2)28-56(9,72-15)51(35(5)47(36(6)52(68)76-43)77-44-29-55(8,71-14)50(67)37(7)75-44)78-53-46(66)41(27-33(3)74-53)61(11)22-21-39-31-64(60-59-39)42(30-58)48(70-13)38-17-19-40(20-18-38)63-23-25-73-26-24-63/h17-20,31-37,41-44,46-51,53,66-67H,16,21-30H2,1-15H3/t32-,33-,34+,35+,36-,37+,41+,42-,43-,44+,46-,47+,48-,49-,50+,51-,53+,55-,56-,57-/m1/s1. The second kappa shape index (κ2) is 26.1. The van der Waals surface area contributed by atoms with E-state index in [0.29, 0.717) is 38.3 Å². The molecule has 5 aliphatic heterocycles. The summed E-state index contributed by atoms with van der Waals surface area (Å²) in [6.45, 7) is 20.5. The van der Waals surface area contributed by atoms with E-state index in [-0.39, 0.29) is 25.0 Å². The summed E-state index contributed by atoms with van der Waals surface area (Å²) in [5.41, 5.74) is -1.31. The number of likely N-dealkylation sites (N-methyl/N-ethyl adjacent to an activating group) is 2. The molecule has 1 aromatic heterocycles. The molecule has 2 N–H and O–H groups in total. The quantitative estimate of drug-likeness (QED) is 0.187. The molecule has 0 bridgehead atoms. The topological polar surface area (TPSA) is 224 Å². The average molecular weight is 1120 g/mol. The third-order valence-electron chi connectivity index (χ3n) is 18.1. The minimum absolute atomic E-state index is 0.0942. The van der Waals surface area contributed by atoms with Gasteiger partial charge in [-0.2, -0.15) is 0 Å². The molecule has 0 aliphatic carbocycles. The van der Waals surface area contributed by atoms with Gasteiger partial charge in [0, 0.05) is 96.5 Å². The summed E-state index contributed by atoms with van der Waals surface area (Å²) in [6, 6.07) is 5.88. The molecular formula is C57H91FN6O15. The minimum atomic E-state index is -1.40. The number of nitrogens with zero attached hydrogens (tertiary/aromatic N) is 6. The van der Waals surface area contributed by atoms with Crippen molar-refractivity contribution in [2.24, 2.45) is 23.7 Å². The van der Waals surface area contributed by atoms with Crippen LogP contribution in [-0.4, -0.2) is 212 Å². The smallest absolute Gasteiger partial charge is 0.410 e. The molecule has 20 atom stereocenters. The lowest BCUT2D eigenvalue weighted by Crippen LogP contribution is -2.62. The number of amides is 1. The van der Waals surface area contributed by atoms with Crippen LogP contribution < -0.4 is 4.90 Å². The summed E-state index contributed by atoms with van der Waals surface area (Å²) in [6.07, 6.45) is -6.88. The number of carbonyl (C=O) groups is 3. The molecule has 1 amide bonds. The first kappa shape index (κ1) is 62.7. The number of esters is 1. The Morgan fingerprint density at radius 2 is 1.58 bits per heavy atom. The molecule has 6 heterocycles. The van der Waals surface area contributed by atoms with E-state index in [1.807, 2.05) is 70.8 Å². The number of aliphatic hydroxyl groups excluding tert-OH is 2. The zero-order valence-electron chi connectivity index (χ0n) is 49.2. The van der Waals surface area contributed by atoms with Gasteiger partial charge in [-0.1, -0.05) is 45.0 Å². The number of aliphatic hydroxyl groups is 2. The predicted molar refractivity (Wildman–Crippen MR) is 288 cm³/mol. The van der Waals surface area contributed by atoms with E-state index in [9.17, 15) is 29.0 Å². The van der Waals surface area contributed by atoms with Crippen molar-refractivity contribution < 1.29 is 76.4 Å². The van der Waals surface area contributed by atoms with Crippen LogP contribution in [-0.2, 0) is 63.4 Å². The molecule has 2 aromatic rings. The molecule has 7 rings (SSSR count). The second-order valence-corrected chi connectivity index (χ2v) is 23.6. The van der Waals surface area contributed by atoms with Crippen LogP contribution >= 0.6 is 0 Å². The maximum atomic E-state index is 15.0. The van der Waals surface area contributed by atoms with Crippen LogP contribution in [0.2, 0.25) is 0 Å². The van der Waals surface area contributed by atoms with Crippen molar-refractivity contribution in [1.29, 1.82) is 0 Å². The molecule has 0 radical (unpaired) electrons. The van der Waals surface area contributed by atoms with Crippen LogP contribution in [0.25, 0.3) is 0 Å². The van der Waals surface area contributed by atoms with Crippen LogP contribution in [0.15, 0.2) is 30.5 Å². The monoisotopic (exact) mass is 1120 g/mol. The van der Waals surface area contributed by atoms with Crippen LogP contribution in [0.3, 0.4) is 0 Å². The normalized spacial score (nSPS) is 39.0. The Morgan fingerprint density at radius 1 is 0.911 bits per heavy atom. The maximum Gasteiger partial charge on any atom is 0.410 e. The van der Waals surface area contributed by atoms with E-state index in [1.54, 1.807) is 55.0 Å². The van der Waals surface area contributed by atoms with Crippen LogP contribution in [0.4, 0.5) is 14.9 Å². The highest BCUT2D eigenvalue weighted by Gasteiger charge is 2.60. The number of ketones is 1. The van der Waals surface area contributed by atoms with Gasteiger partial charge < -0.3 is 72.3 Å². The number of ether oxygens (including phenoxy) is 10. The van der Waals surface area contributed by atoms with Crippen LogP contribution in [0, 0.1) is 23.7 Å². The van der Waals surface area contributed by atoms with Gasteiger partial charge in [-0.15, -0.1) is 5.10 Å². The average Bonchev–Trinajstić information content (AvgIpc) is 4.18. The second-order valence-electron chi connectivity index (χ2n) is 23.6. The van der Waals surface area contributed by atoms with E-state index < -0.39 is 139 Å². The molecule has 5 saturated heterocycles. The van der Waals surface area contributed by atoms with E-state index >= 15 is 0 Å². The van der Waals surface area contributed by atoms with Gasteiger partial charge in [0.15, 0.2) is 18.2 Å². The summed E-state index contributed by atoms with van der Waals surface area (Å²) in [5.74, 6) is -4.10. The fourth-order valence-electron chi connectivity index (χ4n) is 13.3. The highest BCUT2D eigenvalue weighted by molar-refractivity contribution is 5.85. The van der Waals surface area contributed by atoms with Crippen molar-refractivity contribution in [3.63, 3.8) is 0 Å². The number of alkyl halides is 1. The van der Waals surface area contributed by atoms with Crippen molar-refractivity contribution in [2.45, 2.75) is 198 Å². The molecule has 0 unspecified atom stereocenters. The molecule has 21 nitrogen and oxygen atoms in total. The van der Waals surface area contributed by atoms with Crippen molar-refractivity contribution in [3.8, 4) is 0 Å². The first-order valence-corrected chi connectivity index (χ1v) is 28.3. The number of halogens is 1. The summed E-state index contributed by atoms with van der Waals surface area (Å²) in [7, 11) is 8.08. The zero-order valence-corrected chi connectivity index (χ0v) is 49.2. The lowest BCUT2D eigenvalue weighted by Gasteiger charge is -2.50. The number of fused-ring (bicyclic) bond motifs is 1. The summed E-state index contributed by atoms with van der Waals surface area (Å²) in [4.78, 5) is 48.8. The third kappa shape index (κ3) is 13.1. The fourth-order valence-corrected chi connectivity index (χ4v) is 13.3. The van der Waals surface area contributed by atoms with E-state index in [4.69, 9.17) is 47.4 Å². The van der Waals surface area contributed by atoms with Crippen molar-refractivity contribution in [1.82, 2.24) is 24.8 Å². The predicted octanol–water partition coefficient (Wildman–Crippen LogP) is 5.48. The molecule has 446 valence electrons. The number of cyclic esters (lactones) is 1. The van der Waals surface area contributed by atoms with E-state index in [2.05, 4.69) is 15.2 Å². The zero-order chi connectivity index (χ0) is 57.9. The molecule has 79 heavy (non-hydrogen) atoms. The highest BCUT2D eigenvalue weighted by Crippen LogP contribution is 2.45. The Labute approximate surface area is 466 Å². The van der Waals surface area contributed by atoms with Crippen molar-refractivity contribution in [2.75, 3.05) is 79.8 Å². The number of Topliss-reactive ketones (excluding diaryl/α,β-unsaturated/α-hetero) is 1.